The summed E-state index contributed by atoms with van der Waals surface area (Å²) in [6.07, 6.45) is 5.67. The van der Waals surface area contributed by atoms with Gasteiger partial charge in [-0.25, -0.2) is 0 Å². The lowest BCUT2D eigenvalue weighted by Crippen LogP contribution is -2.38. The Hall–Kier alpha value is -0.110. The summed E-state index contributed by atoms with van der Waals surface area (Å²) in [5, 5.41) is 0. The average molecular weight is 199 g/mol. The second kappa shape index (κ2) is 3.56. The van der Waals surface area contributed by atoms with Crippen molar-refractivity contribution in [2.24, 2.45) is 5.41 Å². The first-order valence-electron chi connectivity index (χ1n) is 4.90. The van der Waals surface area contributed by atoms with E-state index in [1.54, 1.807) is 0 Å². The number of hydrogen-bond donors (Lipinski definition) is 0. The monoisotopic (exact) mass is 199 g/mol. The van der Waals surface area contributed by atoms with E-state index in [0.29, 0.717) is 5.41 Å². The maximum atomic E-state index is 2.39. The van der Waals surface area contributed by atoms with Gasteiger partial charge in [-0.15, -0.1) is 0 Å². The average Bonchev–Trinajstić information content (AvgIpc) is 2.29. The fourth-order valence-corrected chi connectivity index (χ4v) is 2.98. The maximum Gasteiger partial charge on any atom is 0.0457 e. The zero-order valence-corrected chi connectivity index (χ0v) is 10.2. The standard InChI is InChI=1S/C11H21NS/c1-10(2,3)9-11(4,5)12-7-6-8-13-12/h6-7H,8-9H2,1-5H3. The fraction of sp³-hybridized carbons (Fsp3) is 0.818. The number of nitrogens with zero attached hydrogens (tertiary/aromatic N) is 1. The fourth-order valence-electron chi connectivity index (χ4n) is 2.06. The zero-order chi connectivity index (χ0) is 10.1. The molecule has 76 valence electrons. The molecule has 0 aliphatic carbocycles. The molecule has 0 aromatic carbocycles. The Morgan fingerprint density at radius 1 is 1.23 bits per heavy atom. The molecule has 0 spiro atoms. The molecule has 0 saturated heterocycles. The van der Waals surface area contributed by atoms with Gasteiger partial charge in [-0.3, -0.25) is 0 Å². The molecule has 1 heterocycles. The summed E-state index contributed by atoms with van der Waals surface area (Å²) in [5.74, 6) is 1.13. The maximum absolute atomic E-state index is 2.39. The lowest BCUT2D eigenvalue weighted by Gasteiger charge is -2.39. The predicted octanol–water partition coefficient (Wildman–Crippen LogP) is 3.68. The molecule has 2 heteroatoms. The Labute approximate surface area is 86.7 Å². The molecule has 13 heavy (non-hydrogen) atoms. The van der Waals surface area contributed by atoms with Gasteiger partial charge in [0, 0.05) is 17.5 Å². The Bertz CT molecular complexity index is 201. The molecule has 0 fully saturated rings. The highest BCUT2D eigenvalue weighted by Crippen LogP contribution is 2.36. The van der Waals surface area contributed by atoms with Gasteiger partial charge < -0.3 is 4.31 Å². The third-order valence-corrected chi connectivity index (χ3v) is 3.35. The molecule has 0 aromatic rings. The Morgan fingerprint density at radius 2 is 1.85 bits per heavy atom. The van der Waals surface area contributed by atoms with Gasteiger partial charge in [-0.1, -0.05) is 26.8 Å². The van der Waals surface area contributed by atoms with Crippen LogP contribution in [0.25, 0.3) is 0 Å². The summed E-state index contributed by atoms with van der Waals surface area (Å²) in [4.78, 5) is 0. The summed E-state index contributed by atoms with van der Waals surface area (Å²) in [6.45, 7) is 11.6. The number of hydrogen-bond acceptors (Lipinski definition) is 2. The Balaban J connectivity index is 2.59. The molecule has 0 bridgehead atoms. The van der Waals surface area contributed by atoms with Crippen molar-refractivity contribution in [2.45, 2.75) is 46.6 Å². The van der Waals surface area contributed by atoms with Crippen molar-refractivity contribution in [3.63, 3.8) is 0 Å². The number of rotatable bonds is 2. The van der Waals surface area contributed by atoms with Crippen molar-refractivity contribution in [2.75, 3.05) is 5.75 Å². The van der Waals surface area contributed by atoms with Crippen molar-refractivity contribution < 1.29 is 0 Å². The van der Waals surface area contributed by atoms with Crippen LogP contribution in [0.4, 0.5) is 0 Å². The van der Waals surface area contributed by atoms with Crippen molar-refractivity contribution in [3.05, 3.63) is 12.3 Å². The summed E-state index contributed by atoms with van der Waals surface area (Å²) < 4.78 is 2.39. The van der Waals surface area contributed by atoms with Crippen molar-refractivity contribution in [1.29, 1.82) is 0 Å². The SMILES string of the molecule is CC(C)(C)CC(C)(C)N1C=CCS1. The van der Waals surface area contributed by atoms with Crippen LogP contribution in [0.5, 0.6) is 0 Å². The van der Waals surface area contributed by atoms with Crippen LogP contribution in [-0.2, 0) is 0 Å². The van der Waals surface area contributed by atoms with Crippen molar-refractivity contribution in [1.82, 2.24) is 4.31 Å². The molecule has 1 nitrogen and oxygen atoms in total. The molecular formula is C11H21NS. The van der Waals surface area contributed by atoms with Gasteiger partial charge in [0.1, 0.15) is 0 Å². The topological polar surface area (TPSA) is 3.24 Å². The van der Waals surface area contributed by atoms with Crippen LogP contribution in [0.3, 0.4) is 0 Å². The molecular weight excluding hydrogens is 178 g/mol. The molecule has 0 radical (unpaired) electrons. The second-order valence-electron chi connectivity index (χ2n) is 5.56. The van der Waals surface area contributed by atoms with Crippen LogP contribution in [-0.4, -0.2) is 15.6 Å². The van der Waals surface area contributed by atoms with E-state index in [9.17, 15) is 0 Å². The van der Waals surface area contributed by atoms with Gasteiger partial charge in [0.15, 0.2) is 0 Å². The largest absolute Gasteiger partial charge is 0.318 e. The minimum atomic E-state index is 0.274. The molecule has 0 saturated carbocycles. The first kappa shape index (κ1) is 11.0. The van der Waals surface area contributed by atoms with Gasteiger partial charge in [0.25, 0.3) is 0 Å². The summed E-state index contributed by atoms with van der Waals surface area (Å²) in [5.41, 5.74) is 0.677. The molecule has 1 aliphatic heterocycles. The van der Waals surface area contributed by atoms with Gasteiger partial charge >= 0.3 is 0 Å². The summed E-state index contributed by atoms with van der Waals surface area (Å²) >= 11 is 1.91. The normalized spacial score (nSPS) is 18.4. The van der Waals surface area contributed by atoms with Gasteiger partial charge in [-0.2, -0.15) is 0 Å². The summed E-state index contributed by atoms with van der Waals surface area (Å²) in [7, 11) is 0. The lowest BCUT2D eigenvalue weighted by molar-refractivity contribution is 0.203. The van der Waals surface area contributed by atoms with E-state index in [4.69, 9.17) is 0 Å². The van der Waals surface area contributed by atoms with Crippen LogP contribution in [0, 0.1) is 5.41 Å². The smallest absolute Gasteiger partial charge is 0.0457 e. The Kier molecular flexibility index (Phi) is 3.01. The van der Waals surface area contributed by atoms with Crippen molar-refractivity contribution >= 4 is 11.9 Å². The van der Waals surface area contributed by atoms with E-state index in [-0.39, 0.29) is 5.54 Å². The molecule has 0 amide bonds. The van der Waals surface area contributed by atoms with Crippen LogP contribution in [0.15, 0.2) is 12.3 Å². The first-order chi connectivity index (χ1) is 5.81. The minimum absolute atomic E-state index is 0.274. The highest BCUT2D eigenvalue weighted by atomic mass is 32.2. The van der Waals surface area contributed by atoms with Gasteiger partial charge in [0.2, 0.25) is 0 Å². The first-order valence-corrected chi connectivity index (χ1v) is 5.84. The van der Waals surface area contributed by atoms with E-state index in [0.717, 1.165) is 5.75 Å². The van der Waals surface area contributed by atoms with Crippen LogP contribution in [0.1, 0.15) is 41.0 Å². The van der Waals surface area contributed by atoms with Gasteiger partial charge in [0.05, 0.1) is 0 Å². The van der Waals surface area contributed by atoms with E-state index in [2.05, 4.69) is 51.2 Å². The highest BCUT2D eigenvalue weighted by molar-refractivity contribution is 7.97. The zero-order valence-electron chi connectivity index (χ0n) is 9.42. The van der Waals surface area contributed by atoms with E-state index in [1.165, 1.54) is 6.42 Å². The quantitative estimate of drug-likeness (QED) is 0.624. The molecule has 0 aromatic heterocycles. The van der Waals surface area contributed by atoms with E-state index >= 15 is 0 Å². The molecule has 1 aliphatic rings. The van der Waals surface area contributed by atoms with Crippen molar-refractivity contribution in [3.8, 4) is 0 Å². The van der Waals surface area contributed by atoms with E-state index in [1.807, 2.05) is 11.9 Å². The third kappa shape index (κ3) is 3.26. The molecule has 0 atom stereocenters. The van der Waals surface area contributed by atoms with Gasteiger partial charge in [-0.05, 0) is 37.6 Å². The van der Waals surface area contributed by atoms with Crippen LogP contribution in [0.2, 0.25) is 0 Å². The summed E-state index contributed by atoms with van der Waals surface area (Å²) in [6, 6.07) is 0. The Morgan fingerprint density at radius 3 is 2.23 bits per heavy atom. The van der Waals surface area contributed by atoms with E-state index < -0.39 is 0 Å². The minimum Gasteiger partial charge on any atom is -0.318 e. The third-order valence-electron chi connectivity index (χ3n) is 2.11. The molecule has 1 rings (SSSR count). The van der Waals surface area contributed by atoms with Crippen LogP contribution < -0.4 is 0 Å². The highest BCUT2D eigenvalue weighted by Gasteiger charge is 2.31. The molecule has 0 unspecified atom stereocenters. The lowest BCUT2D eigenvalue weighted by atomic mass is 9.82. The second-order valence-corrected chi connectivity index (χ2v) is 6.54. The molecule has 0 N–H and O–H groups in total. The van der Waals surface area contributed by atoms with Crippen LogP contribution >= 0.6 is 11.9 Å². The predicted molar refractivity (Wildman–Crippen MR) is 61.6 cm³/mol.